The summed E-state index contributed by atoms with van der Waals surface area (Å²) in [5.74, 6) is 0. The van der Waals surface area contributed by atoms with Gasteiger partial charge in [0, 0.05) is 13.0 Å². The maximum atomic E-state index is 11.9. The highest BCUT2D eigenvalue weighted by Crippen LogP contribution is 1.95. The molecule has 0 aromatic rings. The van der Waals surface area contributed by atoms with E-state index in [-0.39, 0.29) is 13.0 Å². The second kappa shape index (κ2) is 3.81. The monoisotopic (exact) mass is 104 g/mol. The molecule has 0 fully saturated rings. The summed E-state index contributed by atoms with van der Waals surface area (Å²) in [5, 5.41) is 8.08. The smallest absolute Gasteiger partial charge is 0.120 e. The summed E-state index contributed by atoms with van der Waals surface area (Å²) in [6.07, 6.45) is 0.310. The van der Waals surface area contributed by atoms with Crippen molar-refractivity contribution in [1.29, 1.82) is 0 Å². The molecule has 1 atom stereocenters. The molecule has 0 rings (SSSR count). The van der Waals surface area contributed by atoms with Gasteiger partial charge in [-0.05, 0) is 0 Å². The van der Waals surface area contributed by atoms with Crippen molar-refractivity contribution in [3.8, 4) is 0 Å². The Hall–Kier alpha value is -0.370. The van der Waals surface area contributed by atoms with Crippen LogP contribution in [-0.4, -0.2) is 17.9 Å². The molecule has 0 saturated carbocycles. The fourth-order valence-electron chi connectivity index (χ4n) is 0.241. The van der Waals surface area contributed by atoms with E-state index < -0.39 is 6.17 Å². The van der Waals surface area contributed by atoms with Crippen LogP contribution in [-0.2, 0) is 0 Å². The topological polar surface area (TPSA) is 20.2 Å². The largest absolute Gasteiger partial charge is 0.396 e. The minimum Gasteiger partial charge on any atom is -0.396 e. The van der Waals surface area contributed by atoms with Crippen molar-refractivity contribution < 1.29 is 9.50 Å². The van der Waals surface area contributed by atoms with E-state index >= 15 is 0 Å². The molecule has 0 aliphatic carbocycles. The molecule has 0 unspecified atom stereocenters. The molecule has 2 heteroatoms. The quantitative estimate of drug-likeness (QED) is 0.527. The van der Waals surface area contributed by atoms with Crippen molar-refractivity contribution in [3.63, 3.8) is 0 Å². The highest BCUT2D eigenvalue weighted by atomic mass is 19.1. The maximum absolute atomic E-state index is 11.9. The van der Waals surface area contributed by atoms with Gasteiger partial charge in [-0.1, -0.05) is 6.08 Å². The Labute approximate surface area is 42.5 Å². The van der Waals surface area contributed by atoms with Crippen LogP contribution in [0, 0.1) is 0 Å². The van der Waals surface area contributed by atoms with Crippen LogP contribution in [0.5, 0.6) is 0 Å². The number of rotatable bonds is 3. The van der Waals surface area contributed by atoms with Gasteiger partial charge in [-0.2, -0.15) is 0 Å². The van der Waals surface area contributed by atoms with Crippen LogP contribution < -0.4 is 0 Å². The summed E-state index contributed by atoms with van der Waals surface area (Å²) in [4.78, 5) is 0. The molecule has 0 radical (unpaired) electrons. The summed E-state index contributed by atoms with van der Waals surface area (Å²) in [6, 6.07) is 0. The third kappa shape index (κ3) is 3.46. The highest BCUT2D eigenvalue weighted by molar-refractivity contribution is 4.77. The van der Waals surface area contributed by atoms with Crippen molar-refractivity contribution in [2.45, 2.75) is 12.6 Å². The Morgan fingerprint density at radius 1 is 1.86 bits per heavy atom. The standard InChI is InChI=1S/C5H9FO/c1-2-5(6)3-4-7/h2,5,7H,1,3-4H2/t5-/m0/s1. The first-order valence-electron chi connectivity index (χ1n) is 2.18. The Balaban J connectivity index is 2.98. The van der Waals surface area contributed by atoms with Crippen LogP contribution in [0.4, 0.5) is 4.39 Å². The first kappa shape index (κ1) is 6.63. The van der Waals surface area contributed by atoms with Crippen molar-refractivity contribution in [2.24, 2.45) is 0 Å². The zero-order valence-electron chi connectivity index (χ0n) is 4.10. The van der Waals surface area contributed by atoms with Gasteiger partial charge in [0.05, 0.1) is 0 Å². The van der Waals surface area contributed by atoms with Gasteiger partial charge in [0.25, 0.3) is 0 Å². The third-order valence-electron chi connectivity index (χ3n) is 0.661. The number of allylic oxidation sites excluding steroid dienone is 1. The van der Waals surface area contributed by atoms with E-state index in [4.69, 9.17) is 5.11 Å². The lowest BCUT2D eigenvalue weighted by Crippen LogP contribution is -1.96. The van der Waals surface area contributed by atoms with Gasteiger partial charge >= 0.3 is 0 Å². The van der Waals surface area contributed by atoms with E-state index in [0.29, 0.717) is 0 Å². The summed E-state index contributed by atoms with van der Waals surface area (Å²) >= 11 is 0. The van der Waals surface area contributed by atoms with E-state index in [1.807, 2.05) is 0 Å². The van der Waals surface area contributed by atoms with Crippen molar-refractivity contribution in [2.75, 3.05) is 6.61 Å². The molecular weight excluding hydrogens is 95.1 g/mol. The highest BCUT2D eigenvalue weighted by Gasteiger charge is 1.95. The summed E-state index contributed by atoms with van der Waals surface area (Å²) < 4.78 is 11.9. The first-order chi connectivity index (χ1) is 3.31. The lowest BCUT2D eigenvalue weighted by Gasteiger charge is -1.93. The molecule has 1 nitrogen and oxygen atoms in total. The van der Waals surface area contributed by atoms with Gasteiger partial charge in [-0.3, -0.25) is 0 Å². The predicted octanol–water partition coefficient (Wildman–Crippen LogP) is 0.893. The Morgan fingerprint density at radius 2 is 2.43 bits per heavy atom. The van der Waals surface area contributed by atoms with Gasteiger partial charge in [-0.25, -0.2) is 4.39 Å². The van der Waals surface area contributed by atoms with E-state index in [2.05, 4.69) is 6.58 Å². The molecule has 0 heterocycles. The van der Waals surface area contributed by atoms with E-state index in [1.165, 1.54) is 6.08 Å². The minimum absolute atomic E-state index is 0.104. The number of aliphatic hydroxyl groups is 1. The van der Waals surface area contributed by atoms with E-state index in [1.54, 1.807) is 0 Å². The summed E-state index contributed by atoms with van der Waals surface area (Å²) in [5.41, 5.74) is 0. The first-order valence-corrected chi connectivity index (χ1v) is 2.18. The van der Waals surface area contributed by atoms with Crippen molar-refractivity contribution >= 4 is 0 Å². The molecule has 1 N–H and O–H groups in total. The fraction of sp³-hybridized carbons (Fsp3) is 0.600. The number of halogens is 1. The Bertz CT molecular complexity index is 54.0. The molecule has 0 spiro atoms. The lowest BCUT2D eigenvalue weighted by molar-refractivity contribution is 0.244. The number of hydrogen-bond acceptors (Lipinski definition) is 1. The Morgan fingerprint density at radius 3 is 2.57 bits per heavy atom. The second-order valence-corrected chi connectivity index (χ2v) is 1.26. The lowest BCUT2D eigenvalue weighted by atomic mass is 10.3. The normalized spacial score (nSPS) is 13.4. The summed E-state index contributed by atoms with van der Waals surface area (Å²) in [6.45, 7) is 3.09. The van der Waals surface area contributed by atoms with Gasteiger partial charge in [0.2, 0.25) is 0 Å². The molecule has 0 aromatic heterocycles. The SMILES string of the molecule is C=C[C@H](F)CCO. The average molecular weight is 104 g/mol. The minimum atomic E-state index is -1.04. The molecule has 0 aliphatic rings. The van der Waals surface area contributed by atoms with Crippen LogP contribution in [0.1, 0.15) is 6.42 Å². The maximum Gasteiger partial charge on any atom is 0.120 e. The summed E-state index contributed by atoms with van der Waals surface area (Å²) in [7, 11) is 0. The Kier molecular flexibility index (Phi) is 3.61. The molecule has 0 aromatic carbocycles. The molecule has 0 bridgehead atoms. The number of alkyl halides is 1. The second-order valence-electron chi connectivity index (χ2n) is 1.26. The van der Waals surface area contributed by atoms with Crippen LogP contribution in [0.3, 0.4) is 0 Å². The number of hydrogen-bond donors (Lipinski definition) is 1. The molecule has 7 heavy (non-hydrogen) atoms. The molecule has 0 saturated heterocycles. The average Bonchev–Trinajstić information content (AvgIpc) is 1.68. The van der Waals surface area contributed by atoms with Crippen molar-refractivity contribution in [3.05, 3.63) is 12.7 Å². The van der Waals surface area contributed by atoms with Gasteiger partial charge in [0.1, 0.15) is 6.17 Å². The predicted molar refractivity (Wildman–Crippen MR) is 26.8 cm³/mol. The molecule has 0 amide bonds. The van der Waals surface area contributed by atoms with Crippen LogP contribution >= 0.6 is 0 Å². The van der Waals surface area contributed by atoms with Crippen LogP contribution in [0.25, 0.3) is 0 Å². The van der Waals surface area contributed by atoms with E-state index in [0.717, 1.165) is 0 Å². The molecular formula is C5H9FO. The van der Waals surface area contributed by atoms with Crippen molar-refractivity contribution in [1.82, 2.24) is 0 Å². The fourth-order valence-corrected chi connectivity index (χ4v) is 0.241. The van der Waals surface area contributed by atoms with Gasteiger partial charge in [0.15, 0.2) is 0 Å². The van der Waals surface area contributed by atoms with Crippen LogP contribution in [0.2, 0.25) is 0 Å². The van der Waals surface area contributed by atoms with E-state index in [9.17, 15) is 4.39 Å². The van der Waals surface area contributed by atoms with Gasteiger partial charge < -0.3 is 5.11 Å². The third-order valence-corrected chi connectivity index (χ3v) is 0.661. The molecule has 42 valence electrons. The zero-order valence-corrected chi connectivity index (χ0v) is 4.10. The number of aliphatic hydroxyl groups excluding tert-OH is 1. The van der Waals surface area contributed by atoms with Crippen LogP contribution in [0.15, 0.2) is 12.7 Å². The zero-order chi connectivity index (χ0) is 5.70. The van der Waals surface area contributed by atoms with Gasteiger partial charge in [-0.15, -0.1) is 6.58 Å². The molecule has 0 aliphatic heterocycles.